The predicted molar refractivity (Wildman–Crippen MR) is 72.0 cm³/mol. The Morgan fingerprint density at radius 2 is 2.24 bits per heavy atom. The Labute approximate surface area is 119 Å². The second-order valence-corrected chi connectivity index (χ2v) is 4.08. The van der Waals surface area contributed by atoms with Crippen molar-refractivity contribution in [3.05, 3.63) is 29.8 Å². The van der Waals surface area contributed by atoms with E-state index in [1.807, 2.05) is 0 Å². The molecule has 0 aliphatic heterocycles. The highest BCUT2D eigenvalue weighted by molar-refractivity contribution is 5.96. The van der Waals surface area contributed by atoms with Crippen LogP contribution in [0.2, 0.25) is 0 Å². The summed E-state index contributed by atoms with van der Waals surface area (Å²) >= 11 is 0. The van der Waals surface area contributed by atoms with Crippen LogP contribution in [-0.2, 0) is 4.79 Å². The fraction of sp³-hybridized carbons (Fsp3) is 0.154. The van der Waals surface area contributed by atoms with E-state index in [1.54, 1.807) is 24.3 Å². The molecule has 1 aromatic carbocycles. The van der Waals surface area contributed by atoms with Crippen LogP contribution in [0.3, 0.4) is 0 Å². The van der Waals surface area contributed by atoms with Gasteiger partial charge in [-0.15, -0.1) is 16.6 Å². The van der Waals surface area contributed by atoms with Crippen LogP contribution in [0, 0.1) is 12.3 Å². The lowest BCUT2D eigenvalue weighted by molar-refractivity contribution is -0.137. The van der Waals surface area contributed by atoms with Crippen LogP contribution < -0.4 is 0 Å². The van der Waals surface area contributed by atoms with Crippen molar-refractivity contribution >= 4 is 11.9 Å². The Bertz CT molecular complexity index is 690. The van der Waals surface area contributed by atoms with E-state index in [1.165, 1.54) is 0 Å². The van der Waals surface area contributed by atoms with Gasteiger partial charge >= 0.3 is 5.97 Å². The molecule has 0 fully saturated rings. The minimum Gasteiger partial charge on any atom is -0.480 e. The third-order valence-electron chi connectivity index (χ3n) is 2.61. The maximum absolute atomic E-state index is 12.3. The molecule has 0 aliphatic carbocycles. The monoisotopic (exact) mass is 285 g/mol. The summed E-state index contributed by atoms with van der Waals surface area (Å²) in [5.41, 5.74) is 0.888. The molecule has 0 bridgehead atoms. The first-order valence-electron chi connectivity index (χ1n) is 5.90. The molecule has 0 radical (unpaired) electrons. The molecule has 1 amide bonds. The molecule has 1 aromatic heterocycles. The number of tetrazole rings is 1. The summed E-state index contributed by atoms with van der Waals surface area (Å²) in [4.78, 5) is 24.1. The second kappa shape index (κ2) is 6.29. The molecule has 2 aromatic rings. The number of hydrogen-bond acceptors (Lipinski definition) is 5. The van der Waals surface area contributed by atoms with Gasteiger partial charge in [0.15, 0.2) is 0 Å². The summed E-state index contributed by atoms with van der Waals surface area (Å²) in [6.45, 7) is -0.549. The Kier molecular flexibility index (Phi) is 4.26. The summed E-state index contributed by atoms with van der Waals surface area (Å²) in [6, 6.07) is 6.48. The smallest absolute Gasteiger partial charge is 0.323 e. The van der Waals surface area contributed by atoms with Crippen LogP contribution in [0.25, 0.3) is 11.4 Å². The van der Waals surface area contributed by atoms with Gasteiger partial charge in [-0.3, -0.25) is 9.59 Å². The SMILES string of the molecule is C#CCN(CC(=O)O)C(=O)c1cccc(-c2nn[nH]n2)c1. The van der Waals surface area contributed by atoms with Crippen LogP contribution in [0.1, 0.15) is 10.4 Å². The van der Waals surface area contributed by atoms with Crippen LogP contribution in [-0.4, -0.2) is 55.6 Å². The van der Waals surface area contributed by atoms with E-state index in [-0.39, 0.29) is 6.54 Å². The zero-order valence-corrected chi connectivity index (χ0v) is 10.9. The third-order valence-corrected chi connectivity index (χ3v) is 2.61. The number of nitrogens with one attached hydrogen (secondary N) is 1. The van der Waals surface area contributed by atoms with Gasteiger partial charge in [-0.05, 0) is 17.3 Å². The Balaban J connectivity index is 2.28. The van der Waals surface area contributed by atoms with Gasteiger partial charge in [0.1, 0.15) is 6.54 Å². The van der Waals surface area contributed by atoms with E-state index in [0.717, 1.165) is 4.90 Å². The number of H-pyrrole nitrogens is 1. The van der Waals surface area contributed by atoms with Gasteiger partial charge in [0.05, 0.1) is 6.54 Å². The number of nitrogens with zero attached hydrogens (tertiary/aromatic N) is 4. The average molecular weight is 285 g/mol. The Morgan fingerprint density at radius 1 is 1.43 bits per heavy atom. The van der Waals surface area contributed by atoms with Crippen LogP contribution in [0.4, 0.5) is 0 Å². The molecule has 106 valence electrons. The number of aromatic nitrogens is 4. The molecule has 0 spiro atoms. The molecule has 2 rings (SSSR count). The van der Waals surface area contributed by atoms with E-state index in [0.29, 0.717) is 17.0 Å². The minimum absolute atomic E-state index is 0.0857. The molecule has 0 saturated carbocycles. The molecule has 2 N–H and O–H groups in total. The van der Waals surface area contributed by atoms with E-state index in [2.05, 4.69) is 26.5 Å². The van der Waals surface area contributed by atoms with E-state index in [9.17, 15) is 9.59 Å². The lowest BCUT2D eigenvalue weighted by Gasteiger charge is -2.18. The van der Waals surface area contributed by atoms with Crippen molar-refractivity contribution in [2.24, 2.45) is 0 Å². The maximum Gasteiger partial charge on any atom is 0.323 e. The van der Waals surface area contributed by atoms with Gasteiger partial charge in [0, 0.05) is 11.1 Å². The first kappa shape index (κ1) is 14.2. The molecule has 0 saturated heterocycles. The lowest BCUT2D eigenvalue weighted by Crippen LogP contribution is -2.36. The quantitative estimate of drug-likeness (QED) is 0.749. The first-order chi connectivity index (χ1) is 10.1. The number of carboxylic acids is 1. The van der Waals surface area contributed by atoms with Gasteiger partial charge in [-0.1, -0.05) is 18.1 Å². The molecule has 0 aliphatic rings. The number of carboxylic acid groups (broad SMARTS) is 1. The third kappa shape index (κ3) is 3.42. The number of carbonyl (C=O) groups is 2. The fourth-order valence-electron chi connectivity index (χ4n) is 1.73. The zero-order chi connectivity index (χ0) is 15.2. The number of aliphatic carboxylic acids is 1. The van der Waals surface area contributed by atoms with Gasteiger partial charge in [0.25, 0.3) is 5.91 Å². The minimum atomic E-state index is -1.13. The second-order valence-electron chi connectivity index (χ2n) is 4.08. The Hall–Kier alpha value is -3.21. The summed E-state index contributed by atoms with van der Waals surface area (Å²) < 4.78 is 0. The van der Waals surface area contributed by atoms with Crippen molar-refractivity contribution in [3.63, 3.8) is 0 Å². The predicted octanol–water partition coefficient (Wildman–Crippen LogP) is 0.0267. The molecule has 1 heterocycles. The summed E-state index contributed by atoms with van der Waals surface area (Å²) in [5.74, 6) is 1.00. The van der Waals surface area contributed by atoms with Gasteiger partial charge in [-0.2, -0.15) is 5.21 Å². The van der Waals surface area contributed by atoms with E-state index >= 15 is 0 Å². The molecule has 21 heavy (non-hydrogen) atoms. The average Bonchev–Trinajstić information content (AvgIpc) is 3.00. The van der Waals surface area contributed by atoms with Crippen molar-refractivity contribution in [2.45, 2.75) is 0 Å². The topological polar surface area (TPSA) is 112 Å². The number of carbonyl (C=O) groups excluding carboxylic acids is 1. The number of aromatic amines is 1. The molecule has 0 atom stereocenters. The van der Waals surface area contributed by atoms with Crippen LogP contribution in [0.5, 0.6) is 0 Å². The van der Waals surface area contributed by atoms with Crippen LogP contribution >= 0.6 is 0 Å². The number of rotatable bonds is 5. The van der Waals surface area contributed by atoms with Crippen molar-refractivity contribution < 1.29 is 14.7 Å². The summed E-state index contributed by atoms with van der Waals surface area (Å²) in [5, 5.41) is 22.2. The maximum atomic E-state index is 12.3. The normalized spacial score (nSPS) is 9.86. The number of amides is 1. The van der Waals surface area contributed by atoms with Gasteiger partial charge < -0.3 is 10.0 Å². The zero-order valence-electron chi connectivity index (χ0n) is 10.9. The van der Waals surface area contributed by atoms with Gasteiger partial charge in [0.2, 0.25) is 5.82 Å². The van der Waals surface area contributed by atoms with Crippen LogP contribution in [0.15, 0.2) is 24.3 Å². The van der Waals surface area contributed by atoms with Gasteiger partial charge in [-0.25, -0.2) is 0 Å². The van der Waals surface area contributed by atoms with Crippen molar-refractivity contribution in [2.75, 3.05) is 13.1 Å². The molecule has 8 nitrogen and oxygen atoms in total. The number of hydrogen-bond donors (Lipinski definition) is 2. The number of terminal acetylenes is 1. The first-order valence-corrected chi connectivity index (χ1v) is 5.90. The van der Waals surface area contributed by atoms with E-state index < -0.39 is 18.4 Å². The molecular formula is C13H11N5O3. The van der Waals surface area contributed by atoms with Crippen molar-refractivity contribution in [1.82, 2.24) is 25.5 Å². The van der Waals surface area contributed by atoms with E-state index in [4.69, 9.17) is 11.5 Å². The van der Waals surface area contributed by atoms with Crippen molar-refractivity contribution in [3.8, 4) is 23.7 Å². The summed E-state index contributed by atoms with van der Waals surface area (Å²) in [6.07, 6.45) is 5.16. The van der Waals surface area contributed by atoms with Crippen molar-refractivity contribution in [1.29, 1.82) is 0 Å². The molecule has 0 unspecified atom stereocenters. The molecular weight excluding hydrogens is 274 g/mol. The molecule has 8 heteroatoms. The lowest BCUT2D eigenvalue weighted by atomic mass is 10.1. The standard InChI is InChI=1S/C13H11N5O3/c1-2-6-18(8-11(19)20)13(21)10-5-3-4-9(7-10)12-14-16-17-15-12/h1,3-5,7H,6,8H2,(H,19,20)(H,14,15,16,17). The highest BCUT2D eigenvalue weighted by Crippen LogP contribution is 2.16. The Morgan fingerprint density at radius 3 is 2.86 bits per heavy atom. The largest absolute Gasteiger partial charge is 0.480 e. The highest BCUT2D eigenvalue weighted by atomic mass is 16.4. The summed E-state index contributed by atoms with van der Waals surface area (Å²) in [7, 11) is 0. The highest BCUT2D eigenvalue weighted by Gasteiger charge is 2.18. The fourth-order valence-corrected chi connectivity index (χ4v) is 1.73. The number of benzene rings is 1.